The lowest BCUT2D eigenvalue weighted by Gasteiger charge is -2.24. The van der Waals surface area contributed by atoms with Gasteiger partial charge >= 0.3 is 24.5 Å². The first-order valence-corrected chi connectivity index (χ1v) is 11.0. The second-order valence-corrected chi connectivity index (χ2v) is 8.41. The molecule has 0 aliphatic heterocycles. The van der Waals surface area contributed by atoms with E-state index in [1.165, 1.54) is 18.2 Å². The highest BCUT2D eigenvalue weighted by Gasteiger charge is 2.58. The SMILES string of the molecule is OC(CNC(c1cccc(Oc2cccc(C(F)(F)C(F)(F)F)c2)c1)c1ccc(C(F)(F)F)cc1F)C(F)(F)F. The van der Waals surface area contributed by atoms with Gasteiger partial charge in [-0.3, -0.25) is 0 Å². The van der Waals surface area contributed by atoms with Crippen LogP contribution in [0.25, 0.3) is 0 Å². The maximum Gasteiger partial charge on any atom is 0.458 e. The Kier molecular flexibility index (Phi) is 8.70. The van der Waals surface area contributed by atoms with E-state index in [-0.39, 0.29) is 17.4 Å². The van der Waals surface area contributed by atoms with Crippen LogP contribution in [0.3, 0.4) is 0 Å². The zero-order valence-corrected chi connectivity index (χ0v) is 19.6. The molecule has 0 aromatic heterocycles. The minimum absolute atomic E-state index is 0.109. The molecule has 0 spiro atoms. The summed E-state index contributed by atoms with van der Waals surface area (Å²) in [7, 11) is 0. The Balaban J connectivity index is 1.98. The molecule has 3 aromatic rings. The molecular weight excluding hydrogens is 574 g/mol. The summed E-state index contributed by atoms with van der Waals surface area (Å²) < 4.78 is 163. The fourth-order valence-electron chi connectivity index (χ4n) is 3.50. The molecule has 0 saturated heterocycles. The number of hydrogen-bond donors (Lipinski definition) is 2. The van der Waals surface area contributed by atoms with Gasteiger partial charge in [-0.15, -0.1) is 0 Å². The van der Waals surface area contributed by atoms with Gasteiger partial charge in [-0.05, 0) is 42.0 Å². The number of aliphatic hydroxyl groups excluding tert-OH is 1. The van der Waals surface area contributed by atoms with E-state index < -0.39 is 71.4 Å². The summed E-state index contributed by atoms with van der Waals surface area (Å²) in [5, 5.41) is 11.6. The van der Waals surface area contributed by atoms with Crippen LogP contribution >= 0.6 is 0 Å². The predicted molar refractivity (Wildman–Crippen MR) is 116 cm³/mol. The molecule has 0 heterocycles. The first-order chi connectivity index (χ1) is 18.3. The molecule has 2 atom stereocenters. The smallest absolute Gasteiger partial charge is 0.457 e. The van der Waals surface area contributed by atoms with E-state index in [1.54, 1.807) is 0 Å². The molecule has 0 fully saturated rings. The van der Waals surface area contributed by atoms with Crippen LogP contribution in [0.2, 0.25) is 0 Å². The molecule has 218 valence electrons. The van der Waals surface area contributed by atoms with Gasteiger partial charge in [0.25, 0.3) is 0 Å². The van der Waals surface area contributed by atoms with Crippen molar-refractivity contribution in [2.75, 3.05) is 6.54 Å². The number of aliphatic hydroxyl groups is 1. The first kappa shape index (κ1) is 31.1. The summed E-state index contributed by atoms with van der Waals surface area (Å²) in [4.78, 5) is 0. The first-order valence-electron chi connectivity index (χ1n) is 11.0. The number of nitrogens with one attached hydrogen (secondary N) is 1. The molecule has 0 bridgehead atoms. The highest BCUT2D eigenvalue weighted by molar-refractivity contribution is 5.41. The summed E-state index contributed by atoms with van der Waals surface area (Å²) in [6, 6.07) is 7.13. The van der Waals surface area contributed by atoms with Crippen LogP contribution in [0, 0.1) is 5.82 Å². The molecule has 3 nitrogen and oxygen atoms in total. The molecule has 15 heteroatoms. The third kappa shape index (κ3) is 7.18. The van der Waals surface area contributed by atoms with Crippen molar-refractivity contribution < 1.29 is 62.5 Å². The summed E-state index contributed by atoms with van der Waals surface area (Å²) in [5.41, 5.74) is -3.48. The minimum atomic E-state index is -5.91. The lowest BCUT2D eigenvalue weighted by molar-refractivity contribution is -0.289. The average molecular weight is 591 g/mol. The maximum absolute atomic E-state index is 14.8. The van der Waals surface area contributed by atoms with Crippen molar-refractivity contribution in [1.82, 2.24) is 5.32 Å². The van der Waals surface area contributed by atoms with Crippen molar-refractivity contribution in [2.24, 2.45) is 0 Å². The largest absolute Gasteiger partial charge is 0.458 e. The van der Waals surface area contributed by atoms with Gasteiger partial charge in [-0.2, -0.15) is 48.3 Å². The van der Waals surface area contributed by atoms with Crippen LogP contribution in [0.1, 0.15) is 28.3 Å². The molecule has 0 aliphatic rings. The Bertz CT molecular complexity index is 1320. The highest BCUT2D eigenvalue weighted by atomic mass is 19.4. The van der Waals surface area contributed by atoms with Crippen molar-refractivity contribution >= 4 is 0 Å². The van der Waals surface area contributed by atoms with Crippen molar-refractivity contribution in [3.8, 4) is 11.5 Å². The van der Waals surface area contributed by atoms with Gasteiger partial charge < -0.3 is 15.2 Å². The quantitative estimate of drug-likeness (QED) is 0.262. The Hall–Kier alpha value is -3.46. The highest BCUT2D eigenvalue weighted by Crippen LogP contribution is 2.45. The fourth-order valence-corrected chi connectivity index (χ4v) is 3.50. The lowest BCUT2D eigenvalue weighted by atomic mass is 9.96. The Morgan fingerprint density at radius 2 is 1.32 bits per heavy atom. The van der Waals surface area contributed by atoms with Gasteiger partial charge in [0.15, 0.2) is 6.10 Å². The van der Waals surface area contributed by atoms with Crippen LogP contribution in [0.15, 0.2) is 66.7 Å². The third-order valence-electron chi connectivity index (χ3n) is 5.51. The van der Waals surface area contributed by atoms with Crippen LogP contribution in [-0.2, 0) is 12.1 Å². The van der Waals surface area contributed by atoms with Gasteiger partial charge in [0.2, 0.25) is 0 Å². The van der Waals surface area contributed by atoms with Gasteiger partial charge in [0.05, 0.1) is 11.6 Å². The average Bonchev–Trinajstić information content (AvgIpc) is 2.83. The van der Waals surface area contributed by atoms with Crippen LogP contribution < -0.4 is 10.1 Å². The van der Waals surface area contributed by atoms with E-state index in [4.69, 9.17) is 4.74 Å². The molecule has 2 N–H and O–H groups in total. The molecular formula is C25H17F12NO2. The van der Waals surface area contributed by atoms with Crippen LogP contribution in [0.5, 0.6) is 11.5 Å². The minimum Gasteiger partial charge on any atom is -0.457 e. The third-order valence-corrected chi connectivity index (χ3v) is 5.51. The van der Waals surface area contributed by atoms with E-state index in [9.17, 15) is 57.8 Å². The Labute approximate surface area is 218 Å². The molecule has 2 unspecified atom stereocenters. The fraction of sp³-hybridized carbons (Fsp3) is 0.280. The second-order valence-electron chi connectivity index (χ2n) is 8.41. The van der Waals surface area contributed by atoms with Gasteiger partial charge in [0.1, 0.15) is 17.3 Å². The van der Waals surface area contributed by atoms with Crippen molar-refractivity contribution in [3.05, 3.63) is 94.8 Å². The van der Waals surface area contributed by atoms with Crippen LogP contribution in [-0.4, -0.2) is 30.1 Å². The Morgan fingerprint density at radius 1 is 0.725 bits per heavy atom. The van der Waals surface area contributed by atoms with E-state index in [0.29, 0.717) is 24.3 Å². The summed E-state index contributed by atoms with van der Waals surface area (Å²) in [5.74, 6) is -7.41. The van der Waals surface area contributed by atoms with E-state index in [0.717, 1.165) is 18.2 Å². The number of benzene rings is 3. The molecule has 3 rings (SSSR count). The topological polar surface area (TPSA) is 41.5 Å². The zero-order chi connectivity index (χ0) is 30.1. The summed E-state index contributed by atoms with van der Waals surface area (Å²) in [6.07, 6.45) is -18.9. The summed E-state index contributed by atoms with van der Waals surface area (Å²) in [6.45, 7) is -1.21. The maximum atomic E-state index is 14.8. The number of hydrogen-bond acceptors (Lipinski definition) is 3. The van der Waals surface area contributed by atoms with Gasteiger partial charge in [-0.25, -0.2) is 4.39 Å². The monoisotopic (exact) mass is 591 g/mol. The number of halogens is 12. The standard InChI is InChI=1S/C25H17F12NO2/c26-19-11-15(23(29,30)31)7-8-18(19)21(38-12-20(39)24(32,33)34)13-3-1-5-16(9-13)40-17-6-2-4-14(10-17)22(27,28)25(35,36)37/h1-11,20-21,38-39H,12H2. The molecule has 0 amide bonds. The van der Waals surface area contributed by atoms with E-state index in [1.807, 2.05) is 0 Å². The molecule has 40 heavy (non-hydrogen) atoms. The Morgan fingerprint density at radius 3 is 1.88 bits per heavy atom. The predicted octanol–water partition coefficient (Wildman–Crippen LogP) is 7.89. The number of alkyl halides is 11. The van der Waals surface area contributed by atoms with E-state index in [2.05, 4.69) is 5.32 Å². The molecule has 0 radical (unpaired) electrons. The molecule has 0 saturated carbocycles. The normalized spacial score (nSPS) is 14.6. The lowest BCUT2D eigenvalue weighted by Crippen LogP contribution is -2.40. The number of rotatable bonds is 8. The van der Waals surface area contributed by atoms with Crippen molar-refractivity contribution in [1.29, 1.82) is 0 Å². The van der Waals surface area contributed by atoms with Crippen molar-refractivity contribution in [3.63, 3.8) is 0 Å². The molecule has 0 aliphatic carbocycles. The summed E-state index contributed by atoms with van der Waals surface area (Å²) >= 11 is 0. The van der Waals surface area contributed by atoms with Gasteiger partial charge in [0, 0.05) is 17.7 Å². The van der Waals surface area contributed by atoms with Crippen molar-refractivity contribution in [2.45, 2.75) is 36.6 Å². The van der Waals surface area contributed by atoms with Crippen LogP contribution in [0.4, 0.5) is 52.7 Å². The van der Waals surface area contributed by atoms with E-state index >= 15 is 0 Å². The second kappa shape index (κ2) is 11.2. The number of ether oxygens (including phenoxy) is 1. The van der Waals surface area contributed by atoms with Gasteiger partial charge in [-0.1, -0.05) is 30.3 Å². The zero-order valence-electron chi connectivity index (χ0n) is 19.6. The molecule has 3 aromatic carbocycles.